The Labute approximate surface area is 84.3 Å². The molecular formula is C12H16N2. The Morgan fingerprint density at radius 1 is 1.36 bits per heavy atom. The lowest BCUT2D eigenvalue weighted by Crippen LogP contribution is -1.89. The van der Waals surface area contributed by atoms with Crippen molar-refractivity contribution in [3.63, 3.8) is 0 Å². The first-order valence-corrected chi connectivity index (χ1v) is 5.05. The highest BCUT2D eigenvalue weighted by molar-refractivity contribution is 5.90. The fourth-order valence-corrected chi connectivity index (χ4v) is 1.96. The van der Waals surface area contributed by atoms with Crippen LogP contribution in [0.3, 0.4) is 0 Å². The van der Waals surface area contributed by atoms with E-state index < -0.39 is 0 Å². The second-order valence-electron chi connectivity index (χ2n) is 3.57. The molecule has 1 heterocycles. The minimum Gasteiger partial charge on any atom is -0.374 e. The van der Waals surface area contributed by atoms with Gasteiger partial charge in [-0.2, -0.15) is 0 Å². The molecule has 14 heavy (non-hydrogen) atoms. The van der Waals surface area contributed by atoms with Crippen molar-refractivity contribution in [2.75, 3.05) is 12.4 Å². The summed E-state index contributed by atoms with van der Waals surface area (Å²) < 4.78 is 0. The summed E-state index contributed by atoms with van der Waals surface area (Å²) in [5, 5.41) is 4.51. The third-order valence-electron chi connectivity index (χ3n) is 2.81. The van der Waals surface area contributed by atoms with E-state index in [9.17, 15) is 0 Å². The number of H-pyrrole nitrogens is 1. The van der Waals surface area contributed by atoms with E-state index in [4.69, 9.17) is 0 Å². The molecule has 0 saturated carbocycles. The SMILES string of the molecule is CCc1cccc2c(C)c(NC)[nH]c12. The van der Waals surface area contributed by atoms with Crippen LogP contribution < -0.4 is 5.32 Å². The van der Waals surface area contributed by atoms with E-state index in [0.717, 1.165) is 12.2 Å². The average Bonchev–Trinajstić information content (AvgIpc) is 2.55. The second kappa shape index (κ2) is 3.37. The minimum atomic E-state index is 1.07. The van der Waals surface area contributed by atoms with Crippen LogP contribution >= 0.6 is 0 Å². The number of anilines is 1. The number of hydrogen-bond donors (Lipinski definition) is 2. The van der Waals surface area contributed by atoms with Gasteiger partial charge in [0.05, 0.1) is 5.52 Å². The van der Waals surface area contributed by atoms with E-state index >= 15 is 0 Å². The third kappa shape index (κ3) is 1.18. The monoisotopic (exact) mass is 188 g/mol. The first-order chi connectivity index (χ1) is 6.77. The van der Waals surface area contributed by atoms with Gasteiger partial charge in [0.25, 0.3) is 0 Å². The molecule has 2 nitrogen and oxygen atoms in total. The molecular weight excluding hydrogens is 172 g/mol. The lowest BCUT2D eigenvalue weighted by atomic mass is 10.1. The van der Waals surface area contributed by atoms with Gasteiger partial charge in [0, 0.05) is 12.4 Å². The Kier molecular flexibility index (Phi) is 2.20. The van der Waals surface area contributed by atoms with Crippen molar-refractivity contribution >= 4 is 16.7 Å². The predicted molar refractivity (Wildman–Crippen MR) is 62.0 cm³/mol. The molecule has 1 aromatic carbocycles. The van der Waals surface area contributed by atoms with Crippen LogP contribution in [0.1, 0.15) is 18.1 Å². The number of aromatic amines is 1. The van der Waals surface area contributed by atoms with Crippen LogP contribution in [0, 0.1) is 6.92 Å². The molecule has 1 aromatic heterocycles. The van der Waals surface area contributed by atoms with E-state index in [-0.39, 0.29) is 0 Å². The number of rotatable bonds is 2. The molecule has 0 radical (unpaired) electrons. The lowest BCUT2D eigenvalue weighted by Gasteiger charge is -1.97. The normalized spacial score (nSPS) is 10.8. The van der Waals surface area contributed by atoms with Crippen LogP contribution in [0.15, 0.2) is 18.2 Å². The van der Waals surface area contributed by atoms with Gasteiger partial charge < -0.3 is 10.3 Å². The Morgan fingerprint density at radius 2 is 2.14 bits per heavy atom. The van der Waals surface area contributed by atoms with Gasteiger partial charge in [0.2, 0.25) is 0 Å². The van der Waals surface area contributed by atoms with Crippen molar-refractivity contribution in [1.29, 1.82) is 0 Å². The molecule has 0 aliphatic carbocycles. The highest BCUT2D eigenvalue weighted by Gasteiger charge is 2.07. The Balaban J connectivity index is 2.77. The summed E-state index contributed by atoms with van der Waals surface area (Å²) in [6.45, 7) is 4.33. The van der Waals surface area contributed by atoms with Crippen LogP contribution in [0.4, 0.5) is 5.82 Å². The van der Waals surface area contributed by atoms with Crippen molar-refractivity contribution in [3.8, 4) is 0 Å². The maximum absolute atomic E-state index is 3.42. The van der Waals surface area contributed by atoms with E-state index in [0.29, 0.717) is 0 Å². The molecule has 0 atom stereocenters. The standard InChI is InChI=1S/C12H16N2/c1-4-9-6-5-7-10-8(2)12(13-3)14-11(9)10/h5-7,13-14H,4H2,1-3H3. The first-order valence-electron chi connectivity index (χ1n) is 5.05. The van der Waals surface area contributed by atoms with Gasteiger partial charge in [-0.05, 0) is 24.5 Å². The summed E-state index contributed by atoms with van der Waals surface area (Å²) in [6.07, 6.45) is 1.07. The Morgan fingerprint density at radius 3 is 2.79 bits per heavy atom. The molecule has 0 bridgehead atoms. The van der Waals surface area contributed by atoms with Crippen LogP contribution in [0.2, 0.25) is 0 Å². The zero-order valence-corrected chi connectivity index (χ0v) is 8.94. The number of nitrogens with one attached hydrogen (secondary N) is 2. The molecule has 2 N–H and O–H groups in total. The molecule has 2 rings (SSSR count). The summed E-state index contributed by atoms with van der Waals surface area (Å²) in [6, 6.07) is 6.47. The molecule has 0 unspecified atom stereocenters. The Bertz CT molecular complexity index is 455. The summed E-state index contributed by atoms with van der Waals surface area (Å²) in [4.78, 5) is 3.42. The van der Waals surface area contributed by atoms with Crippen LogP contribution in [0.25, 0.3) is 10.9 Å². The zero-order valence-electron chi connectivity index (χ0n) is 8.94. The number of benzene rings is 1. The summed E-state index contributed by atoms with van der Waals surface area (Å²) in [5.74, 6) is 1.13. The maximum atomic E-state index is 3.42. The van der Waals surface area contributed by atoms with Gasteiger partial charge in [-0.15, -0.1) is 0 Å². The first kappa shape index (κ1) is 9.13. The molecule has 0 aliphatic rings. The van der Waals surface area contributed by atoms with Crippen LogP contribution in [0.5, 0.6) is 0 Å². The third-order valence-corrected chi connectivity index (χ3v) is 2.81. The Hall–Kier alpha value is -1.44. The molecule has 0 fully saturated rings. The number of para-hydroxylation sites is 1. The van der Waals surface area contributed by atoms with E-state index in [1.807, 2.05) is 7.05 Å². The van der Waals surface area contributed by atoms with Crippen molar-refractivity contribution in [2.24, 2.45) is 0 Å². The molecule has 74 valence electrons. The molecule has 2 aromatic rings. The fourth-order valence-electron chi connectivity index (χ4n) is 1.96. The van der Waals surface area contributed by atoms with Crippen LogP contribution in [-0.4, -0.2) is 12.0 Å². The largest absolute Gasteiger partial charge is 0.374 e. The van der Waals surface area contributed by atoms with Gasteiger partial charge in [0.15, 0.2) is 0 Å². The average molecular weight is 188 g/mol. The number of aryl methyl sites for hydroxylation is 2. The maximum Gasteiger partial charge on any atom is 0.107 e. The summed E-state index contributed by atoms with van der Waals surface area (Å²) >= 11 is 0. The van der Waals surface area contributed by atoms with Gasteiger partial charge in [-0.3, -0.25) is 0 Å². The topological polar surface area (TPSA) is 27.8 Å². The molecule has 0 saturated heterocycles. The fraction of sp³-hybridized carbons (Fsp3) is 0.333. The van der Waals surface area contributed by atoms with Crippen LogP contribution in [-0.2, 0) is 6.42 Å². The van der Waals surface area contributed by atoms with E-state index in [1.54, 1.807) is 0 Å². The van der Waals surface area contributed by atoms with E-state index in [2.05, 4.69) is 42.3 Å². The quantitative estimate of drug-likeness (QED) is 0.744. The van der Waals surface area contributed by atoms with Crippen molar-refractivity contribution < 1.29 is 0 Å². The highest BCUT2D eigenvalue weighted by Crippen LogP contribution is 2.27. The molecule has 0 aliphatic heterocycles. The van der Waals surface area contributed by atoms with Gasteiger partial charge in [0.1, 0.15) is 5.82 Å². The van der Waals surface area contributed by atoms with Crippen molar-refractivity contribution in [1.82, 2.24) is 4.98 Å². The molecule has 0 spiro atoms. The number of hydrogen-bond acceptors (Lipinski definition) is 1. The smallest absolute Gasteiger partial charge is 0.107 e. The second-order valence-corrected chi connectivity index (χ2v) is 3.57. The van der Waals surface area contributed by atoms with E-state index in [1.165, 1.54) is 22.0 Å². The van der Waals surface area contributed by atoms with Crippen molar-refractivity contribution in [3.05, 3.63) is 29.3 Å². The molecule has 0 amide bonds. The minimum absolute atomic E-state index is 1.07. The predicted octanol–water partition coefficient (Wildman–Crippen LogP) is 3.08. The summed E-state index contributed by atoms with van der Waals surface area (Å²) in [7, 11) is 1.95. The van der Waals surface area contributed by atoms with Crippen molar-refractivity contribution in [2.45, 2.75) is 20.3 Å². The number of fused-ring (bicyclic) bond motifs is 1. The highest BCUT2D eigenvalue weighted by atomic mass is 15.0. The number of aromatic nitrogens is 1. The molecule has 2 heteroatoms. The van der Waals surface area contributed by atoms with Gasteiger partial charge in [-0.1, -0.05) is 25.1 Å². The summed E-state index contributed by atoms with van der Waals surface area (Å²) in [5.41, 5.74) is 3.96. The van der Waals surface area contributed by atoms with Gasteiger partial charge in [-0.25, -0.2) is 0 Å². The van der Waals surface area contributed by atoms with Gasteiger partial charge >= 0.3 is 0 Å². The lowest BCUT2D eigenvalue weighted by molar-refractivity contribution is 1.15. The zero-order chi connectivity index (χ0) is 10.1.